The molecule has 1 saturated carbocycles. The number of amides is 5. The van der Waals surface area contributed by atoms with Crippen molar-refractivity contribution in [1.29, 1.82) is 0 Å². The molecule has 4 rings (SSSR count). The molecule has 14 nitrogen and oxygen atoms in total. The van der Waals surface area contributed by atoms with E-state index < -0.39 is 41.8 Å². The molecule has 8 N–H and O–H groups in total. The van der Waals surface area contributed by atoms with Crippen molar-refractivity contribution in [3.63, 3.8) is 0 Å². The Bertz CT molecular complexity index is 1760. The fourth-order valence-corrected chi connectivity index (χ4v) is 6.69. The summed E-state index contributed by atoms with van der Waals surface area (Å²) >= 11 is 1.52. The number of aromatic amines is 1. The Balaban J connectivity index is 1.35. The third kappa shape index (κ3) is 15.3. The third-order valence-corrected chi connectivity index (χ3v) is 10.3. The number of rotatable bonds is 26. The minimum atomic E-state index is -1.23. The summed E-state index contributed by atoms with van der Waals surface area (Å²) in [6, 6.07) is 11.7. The van der Waals surface area contributed by atoms with Crippen LogP contribution in [0.25, 0.3) is 10.9 Å². The molecule has 304 valence electrons. The number of hydrogen-bond donors (Lipinski definition) is 8. The summed E-state index contributed by atoms with van der Waals surface area (Å²) in [5.74, 6) is -2.12. The number of carbonyl (C=O) groups is 6. The Kier molecular flexibility index (Phi) is 18.2. The number of fused-ring (bicyclic) bond motifs is 1. The average molecular weight is 792 g/mol. The molecular formula is C41H57N7O7S. The highest BCUT2D eigenvalue weighted by molar-refractivity contribution is 7.98. The van der Waals surface area contributed by atoms with E-state index in [0.29, 0.717) is 56.1 Å². The molecule has 1 heterocycles. The molecule has 2 aromatic carbocycles. The van der Waals surface area contributed by atoms with Crippen molar-refractivity contribution in [2.24, 2.45) is 0 Å². The van der Waals surface area contributed by atoms with Crippen molar-refractivity contribution in [3.8, 4) is 0 Å². The minimum Gasteiger partial charge on any atom is -0.480 e. The van der Waals surface area contributed by atoms with E-state index >= 15 is 0 Å². The summed E-state index contributed by atoms with van der Waals surface area (Å²) in [6.45, 7) is 3.09. The number of carboxylic acids is 1. The van der Waals surface area contributed by atoms with Crippen LogP contribution in [0.4, 0.5) is 4.79 Å². The number of H-pyrrole nitrogens is 1. The van der Waals surface area contributed by atoms with Gasteiger partial charge in [-0.3, -0.25) is 14.4 Å². The number of carbonyl (C=O) groups excluding carboxylic acids is 5. The lowest BCUT2D eigenvalue weighted by molar-refractivity contribution is -0.142. The molecule has 1 fully saturated rings. The van der Waals surface area contributed by atoms with Gasteiger partial charge in [0, 0.05) is 61.2 Å². The van der Waals surface area contributed by atoms with Gasteiger partial charge in [-0.05, 0) is 99.6 Å². The van der Waals surface area contributed by atoms with Crippen LogP contribution in [0.5, 0.6) is 0 Å². The zero-order chi connectivity index (χ0) is 40.3. The second kappa shape index (κ2) is 23.2. The van der Waals surface area contributed by atoms with E-state index in [1.54, 1.807) is 25.3 Å². The van der Waals surface area contributed by atoms with Gasteiger partial charge in [0.15, 0.2) is 0 Å². The highest BCUT2D eigenvalue weighted by atomic mass is 32.2. The molecule has 0 aliphatic heterocycles. The van der Waals surface area contributed by atoms with Crippen LogP contribution in [0.2, 0.25) is 0 Å². The molecule has 1 aliphatic carbocycles. The molecule has 1 aromatic heterocycles. The Labute approximate surface area is 332 Å². The molecule has 1 aliphatic rings. The normalized spacial score (nSPS) is 14.0. The lowest BCUT2D eigenvalue weighted by atomic mass is 10.0. The fraction of sp³-hybridized carbons (Fsp3) is 0.512. The van der Waals surface area contributed by atoms with Gasteiger partial charge in [0.25, 0.3) is 5.91 Å². The van der Waals surface area contributed by atoms with E-state index in [1.165, 1.54) is 24.6 Å². The zero-order valence-electron chi connectivity index (χ0n) is 32.4. The molecule has 3 aromatic rings. The number of urea groups is 1. The number of aliphatic carboxylic acids is 1. The van der Waals surface area contributed by atoms with Crippen molar-refractivity contribution in [2.45, 2.75) is 108 Å². The van der Waals surface area contributed by atoms with Crippen LogP contribution in [-0.2, 0) is 32.1 Å². The first-order valence-corrected chi connectivity index (χ1v) is 20.9. The number of benzene rings is 2. The quantitative estimate of drug-likeness (QED) is 0.0548. The van der Waals surface area contributed by atoms with Crippen molar-refractivity contribution >= 4 is 58.2 Å². The summed E-state index contributed by atoms with van der Waals surface area (Å²) in [6.07, 6.45) is 10.3. The summed E-state index contributed by atoms with van der Waals surface area (Å²) in [7, 11) is 0. The number of unbranched alkanes of at least 4 members (excludes halogenated alkanes) is 3. The fourth-order valence-electron chi connectivity index (χ4n) is 6.22. The van der Waals surface area contributed by atoms with Crippen LogP contribution in [0.3, 0.4) is 0 Å². The standard InChI is InChI=1S/C41H57N7O7S/c1-27(49)10-4-3-8-21-42-41(55)43-22-9-7-13-35(40(53)54)47-39(52)36(24-30-26-45-33-12-6-5-11-32(30)33)48-38(51)34(20-23-56-2)46-37(50)29-16-14-28(15-17-29)25-44-31-18-19-31/h5-6,11-12,14-17,26,31,34-36,44-45H,3-4,7-10,13,18-25H2,1-2H3,(H,46,50)(H,47,52)(H,48,51)(H,53,54)(H2,42,43,55)/t34-,35-,36-/m0/s1. The van der Waals surface area contributed by atoms with E-state index in [4.69, 9.17) is 0 Å². The second-order valence-electron chi connectivity index (χ2n) is 14.4. The van der Waals surface area contributed by atoms with Crippen molar-refractivity contribution in [1.82, 2.24) is 36.9 Å². The first-order chi connectivity index (χ1) is 27.0. The van der Waals surface area contributed by atoms with Gasteiger partial charge < -0.3 is 46.8 Å². The van der Waals surface area contributed by atoms with Crippen LogP contribution < -0.4 is 31.9 Å². The number of hydrogen-bond acceptors (Lipinski definition) is 8. The highest BCUT2D eigenvalue weighted by Crippen LogP contribution is 2.21. The van der Waals surface area contributed by atoms with Crippen LogP contribution >= 0.6 is 11.8 Å². The lowest BCUT2D eigenvalue weighted by Gasteiger charge is -2.24. The monoisotopic (exact) mass is 791 g/mol. The molecule has 0 bridgehead atoms. The van der Waals surface area contributed by atoms with E-state index in [-0.39, 0.29) is 24.7 Å². The maximum atomic E-state index is 13.9. The number of Topliss-reactive ketones (excluding diaryl/α,β-unsaturated/α-hetero) is 1. The first kappa shape index (κ1) is 43.8. The number of ketones is 1. The lowest BCUT2D eigenvalue weighted by Crippen LogP contribution is -2.56. The SMILES string of the molecule is CSCC[C@H](NC(=O)c1ccc(CNC2CC2)cc1)C(=O)N[C@@H](Cc1c[nH]c2ccccc12)C(=O)N[C@@H](CCCCNC(=O)NCCCCCC(C)=O)C(=O)O. The predicted octanol–water partition coefficient (Wildman–Crippen LogP) is 4.19. The Hall–Kier alpha value is -4.89. The van der Waals surface area contributed by atoms with Gasteiger partial charge in [0.05, 0.1) is 0 Å². The molecule has 5 amide bonds. The summed E-state index contributed by atoms with van der Waals surface area (Å²) < 4.78 is 0. The van der Waals surface area contributed by atoms with Crippen LogP contribution in [-0.4, -0.2) is 94.9 Å². The maximum absolute atomic E-state index is 13.9. The molecular weight excluding hydrogens is 735 g/mol. The van der Waals surface area contributed by atoms with E-state index in [0.717, 1.165) is 47.8 Å². The first-order valence-electron chi connectivity index (χ1n) is 19.6. The average Bonchev–Trinajstić information content (AvgIpc) is 3.93. The van der Waals surface area contributed by atoms with Crippen LogP contribution in [0, 0.1) is 0 Å². The van der Waals surface area contributed by atoms with E-state index in [1.807, 2.05) is 42.7 Å². The van der Waals surface area contributed by atoms with Gasteiger partial charge in [-0.15, -0.1) is 0 Å². The number of para-hydroxylation sites is 1. The van der Waals surface area contributed by atoms with Crippen molar-refractivity contribution in [3.05, 3.63) is 71.4 Å². The molecule has 56 heavy (non-hydrogen) atoms. The summed E-state index contributed by atoms with van der Waals surface area (Å²) in [5.41, 5.74) is 3.07. The second-order valence-corrected chi connectivity index (χ2v) is 15.4. The largest absolute Gasteiger partial charge is 0.480 e. The minimum absolute atomic E-state index is 0.0727. The topological polar surface area (TPSA) is 211 Å². The summed E-state index contributed by atoms with van der Waals surface area (Å²) in [4.78, 5) is 79.7. The van der Waals surface area contributed by atoms with Crippen molar-refractivity contribution in [2.75, 3.05) is 25.1 Å². The molecule has 3 atom stereocenters. The van der Waals surface area contributed by atoms with Gasteiger partial charge >= 0.3 is 12.0 Å². The highest BCUT2D eigenvalue weighted by Gasteiger charge is 2.30. The molecule has 0 radical (unpaired) electrons. The maximum Gasteiger partial charge on any atom is 0.326 e. The Morgan fingerprint density at radius 3 is 2.16 bits per heavy atom. The van der Waals surface area contributed by atoms with E-state index in [2.05, 4.69) is 36.9 Å². The Morgan fingerprint density at radius 2 is 1.48 bits per heavy atom. The van der Waals surface area contributed by atoms with Gasteiger partial charge in [-0.2, -0.15) is 11.8 Å². The molecule has 0 saturated heterocycles. The number of aromatic nitrogens is 1. The third-order valence-electron chi connectivity index (χ3n) is 9.66. The van der Waals surface area contributed by atoms with Crippen molar-refractivity contribution < 1.29 is 33.9 Å². The van der Waals surface area contributed by atoms with Crippen LogP contribution in [0.1, 0.15) is 92.6 Å². The molecule has 0 spiro atoms. The van der Waals surface area contributed by atoms with Gasteiger partial charge in [-0.1, -0.05) is 36.8 Å². The number of carboxylic acid groups (broad SMARTS) is 1. The molecule has 0 unspecified atom stereocenters. The summed E-state index contributed by atoms with van der Waals surface area (Å²) in [5, 5.41) is 28.2. The molecule has 15 heteroatoms. The van der Waals surface area contributed by atoms with Gasteiger partial charge in [0.1, 0.15) is 23.9 Å². The number of nitrogens with one attached hydrogen (secondary N) is 7. The van der Waals surface area contributed by atoms with Crippen LogP contribution in [0.15, 0.2) is 54.7 Å². The van der Waals surface area contributed by atoms with Gasteiger partial charge in [-0.25, -0.2) is 9.59 Å². The smallest absolute Gasteiger partial charge is 0.326 e. The van der Waals surface area contributed by atoms with E-state index in [9.17, 15) is 33.9 Å². The number of thioether (sulfide) groups is 1. The zero-order valence-corrected chi connectivity index (χ0v) is 33.2. The van der Waals surface area contributed by atoms with Gasteiger partial charge in [0.2, 0.25) is 11.8 Å². The predicted molar refractivity (Wildman–Crippen MR) is 218 cm³/mol. The Morgan fingerprint density at radius 1 is 0.804 bits per heavy atom.